The molecule has 1 atom stereocenters. The van der Waals surface area contributed by atoms with E-state index >= 15 is 0 Å². The minimum atomic E-state index is -0.606. The van der Waals surface area contributed by atoms with Crippen LogP contribution in [0.1, 0.15) is 30.6 Å². The molecule has 3 nitrogen and oxygen atoms in total. The highest BCUT2D eigenvalue weighted by molar-refractivity contribution is 5.89. The molecule has 76 valence electrons. The van der Waals surface area contributed by atoms with Gasteiger partial charge in [-0.25, -0.2) is 9.78 Å². The molecule has 1 unspecified atom stereocenters. The molecule has 0 fully saturated rings. The fourth-order valence-electron chi connectivity index (χ4n) is 0.831. The molecule has 0 aliphatic rings. The van der Waals surface area contributed by atoms with E-state index < -0.39 is 11.9 Å². The highest BCUT2D eigenvalue weighted by atomic mass is 19.1. The summed E-state index contributed by atoms with van der Waals surface area (Å²) in [5, 5.41) is 0. The molecule has 0 bridgehead atoms. The Hall–Kier alpha value is -1.45. The van der Waals surface area contributed by atoms with Gasteiger partial charge in [0, 0.05) is 6.20 Å². The van der Waals surface area contributed by atoms with Crippen molar-refractivity contribution < 1.29 is 13.9 Å². The zero-order valence-electron chi connectivity index (χ0n) is 8.16. The van der Waals surface area contributed by atoms with Gasteiger partial charge in [-0.3, -0.25) is 0 Å². The van der Waals surface area contributed by atoms with Crippen LogP contribution >= 0.6 is 0 Å². The van der Waals surface area contributed by atoms with Gasteiger partial charge in [0.05, 0.1) is 11.7 Å². The van der Waals surface area contributed by atoms with Gasteiger partial charge < -0.3 is 4.74 Å². The largest absolute Gasteiger partial charge is 0.459 e. The Kier molecular flexibility index (Phi) is 3.56. The lowest BCUT2D eigenvalue weighted by Crippen LogP contribution is -2.14. The molecule has 4 heteroatoms. The van der Waals surface area contributed by atoms with Crippen molar-refractivity contribution in [1.82, 2.24) is 4.98 Å². The Balaban J connectivity index is 2.65. The van der Waals surface area contributed by atoms with Gasteiger partial charge in [0.25, 0.3) is 0 Å². The number of carbonyl (C=O) groups excluding carboxylic acids is 1. The number of rotatable bonds is 3. The number of hydrogen-bond acceptors (Lipinski definition) is 3. The Morgan fingerprint density at radius 2 is 2.36 bits per heavy atom. The monoisotopic (exact) mass is 197 g/mol. The van der Waals surface area contributed by atoms with Crippen molar-refractivity contribution >= 4 is 5.97 Å². The van der Waals surface area contributed by atoms with Crippen LogP contribution in [0, 0.1) is 5.95 Å². The van der Waals surface area contributed by atoms with E-state index in [0.717, 1.165) is 12.5 Å². The van der Waals surface area contributed by atoms with Crippen LogP contribution in [0.4, 0.5) is 4.39 Å². The topological polar surface area (TPSA) is 39.2 Å². The van der Waals surface area contributed by atoms with Crippen molar-refractivity contribution in [2.45, 2.75) is 26.4 Å². The molecule has 0 saturated heterocycles. The van der Waals surface area contributed by atoms with E-state index in [1.807, 2.05) is 6.92 Å². The quantitative estimate of drug-likeness (QED) is 0.550. The van der Waals surface area contributed by atoms with Crippen molar-refractivity contribution in [3.8, 4) is 0 Å². The number of hydrogen-bond donors (Lipinski definition) is 0. The SMILES string of the molecule is CCC(C)OC(=O)c1ccc(F)nc1. The van der Waals surface area contributed by atoms with E-state index in [0.29, 0.717) is 0 Å². The maximum atomic E-state index is 12.4. The van der Waals surface area contributed by atoms with Gasteiger partial charge in [-0.2, -0.15) is 4.39 Å². The van der Waals surface area contributed by atoms with E-state index in [-0.39, 0.29) is 11.7 Å². The van der Waals surface area contributed by atoms with Gasteiger partial charge in [-0.1, -0.05) is 6.92 Å². The van der Waals surface area contributed by atoms with E-state index in [2.05, 4.69) is 4.98 Å². The first-order chi connectivity index (χ1) is 6.63. The third-order valence-corrected chi connectivity index (χ3v) is 1.85. The summed E-state index contributed by atoms with van der Waals surface area (Å²) >= 11 is 0. The summed E-state index contributed by atoms with van der Waals surface area (Å²) in [5.41, 5.74) is 0.270. The highest BCUT2D eigenvalue weighted by Gasteiger charge is 2.10. The van der Waals surface area contributed by atoms with Crippen LogP contribution in [-0.2, 0) is 4.74 Å². The fourth-order valence-corrected chi connectivity index (χ4v) is 0.831. The first kappa shape index (κ1) is 10.6. The third-order valence-electron chi connectivity index (χ3n) is 1.85. The minimum Gasteiger partial charge on any atom is -0.459 e. The molecule has 0 amide bonds. The summed E-state index contributed by atoms with van der Waals surface area (Å²) < 4.78 is 17.4. The lowest BCUT2D eigenvalue weighted by Gasteiger charge is -2.09. The predicted octanol–water partition coefficient (Wildman–Crippen LogP) is 2.18. The van der Waals surface area contributed by atoms with E-state index in [4.69, 9.17) is 4.74 Å². The average molecular weight is 197 g/mol. The molecule has 0 aliphatic heterocycles. The first-order valence-corrected chi connectivity index (χ1v) is 4.46. The summed E-state index contributed by atoms with van der Waals surface area (Å²) in [6.07, 6.45) is 1.79. The van der Waals surface area contributed by atoms with E-state index in [9.17, 15) is 9.18 Å². The molecule has 1 aromatic heterocycles. The molecule has 0 saturated carbocycles. The summed E-state index contributed by atoms with van der Waals surface area (Å²) in [5.74, 6) is -1.07. The van der Waals surface area contributed by atoms with Crippen LogP contribution in [0.25, 0.3) is 0 Å². The van der Waals surface area contributed by atoms with Crippen molar-refractivity contribution in [2.75, 3.05) is 0 Å². The molecule has 1 aromatic rings. The summed E-state index contributed by atoms with van der Waals surface area (Å²) in [6.45, 7) is 3.72. The molecule has 1 heterocycles. The number of halogens is 1. The molecule has 1 rings (SSSR count). The predicted molar refractivity (Wildman–Crippen MR) is 49.4 cm³/mol. The highest BCUT2D eigenvalue weighted by Crippen LogP contribution is 2.05. The first-order valence-electron chi connectivity index (χ1n) is 4.46. The van der Waals surface area contributed by atoms with Gasteiger partial charge in [-0.05, 0) is 25.5 Å². The second kappa shape index (κ2) is 4.69. The second-order valence-electron chi connectivity index (χ2n) is 2.99. The second-order valence-corrected chi connectivity index (χ2v) is 2.99. The van der Waals surface area contributed by atoms with Crippen LogP contribution in [0.15, 0.2) is 18.3 Å². The lowest BCUT2D eigenvalue weighted by molar-refractivity contribution is 0.0334. The van der Waals surface area contributed by atoms with Crippen LogP contribution in [0.3, 0.4) is 0 Å². The number of ether oxygens (including phenoxy) is 1. The van der Waals surface area contributed by atoms with Crippen molar-refractivity contribution in [3.63, 3.8) is 0 Å². The Morgan fingerprint density at radius 1 is 1.64 bits per heavy atom. The Labute approximate surface area is 81.9 Å². The maximum absolute atomic E-state index is 12.4. The van der Waals surface area contributed by atoms with Gasteiger partial charge in [-0.15, -0.1) is 0 Å². The van der Waals surface area contributed by atoms with E-state index in [1.54, 1.807) is 6.92 Å². The molecule has 0 radical (unpaired) electrons. The normalized spacial score (nSPS) is 12.2. The maximum Gasteiger partial charge on any atom is 0.339 e. The molecule has 14 heavy (non-hydrogen) atoms. The number of pyridine rings is 1. The van der Waals surface area contributed by atoms with Gasteiger partial charge in [0.15, 0.2) is 0 Å². The minimum absolute atomic E-state index is 0.132. The summed E-state index contributed by atoms with van der Waals surface area (Å²) in [7, 11) is 0. The molecule has 0 spiro atoms. The number of aromatic nitrogens is 1. The van der Waals surface area contributed by atoms with Crippen LogP contribution in [0.5, 0.6) is 0 Å². The fraction of sp³-hybridized carbons (Fsp3) is 0.400. The number of esters is 1. The smallest absolute Gasteiger partial charge is 0.339 e. The number of carbonyl (C=O) groups is 1. The zero-order chi connectivity index (χ0) is 10.6. The standard InChI is InChI=1S/C10H12FNO2/c1-3-7(2)14-10(13)8-4-5-9(11)12-6-8/h4-7H,3H2,1-2H3. The molecule has 0 N–H and O–H groups in total. The summed E-state index contributed by atoms with van der Waals surface area (Å²) in [4.78, 5) is 14.7. The van der Waals surface area contributed by atoms with E-state index in [1.165, 1.54) is 12.3 Å². The molecule has 0 aliphatic carbocycles. The number of nitrogens with zero attached hydrogens (tertiary/aromatic N) is 1. The average Bonchev–Trinajstić information content (AvgIpc) is 2.18. The van der Waals surface area contributed by atoms with Gasteiger partial charge in [0.1, 0.15) is 0 Å². The molecular weight excluding hydrogens is 185 g/mol. The van der Waals surface area contributed by atoms with Gasteiger partial charge in [0.2, 0.25) is 5.95 Å². The van der Waals surface area contributed by atoms with Crippen LogP contribution in [-0.4, -0.2) is 17.1 Å². The lowest BCUT2D eigenvalue weighted by atomic mass is 10.3. The van der Waals surface area contributed by atoms with Crippen LogP contribution in [0.2, 0.25) is 0 Å². The van der Waals surface area contributed by atoms with Crippen molar-refractivity contribution in [2.24, 2.45) is 0 Å². The Bertz CT molecular complexity index is 310. The van der Waals surface area contributed by atoms with Crippen LogP contribution < -0.4 is 0 Å². The zero-order valence-corrected chi connectivity index (χ0v) is 8.16. The molecular formula is C10H12FNO2. The van der Waals surface area contributed by atoms with Gasteiger partial charge >= 0.3 is 5.97 Å². The molecule has 0 aromatic carbocycles. The summed E-state index contributed by atoms with van der Waals surface area (Å²) in [6, 6.07) is 2.49. The van der Waals surface area contributed by atoms with Crippen molar-refractivity contribution in [3.05, 3.63) is 29.8 Å². The Morgan fingerprint density at radius 3 is 2.86 bits per heavy atom. The third kappa shape index (κ3) is 2.80. The van der Waals surface area contributed by atoms with Crippen molar-refractivity contribution in [1.29, 1.82) is 0 Å².